The van der Waals surface area contributed by atoms with E-state index < -0.39 is 5.97 Å². The average Bonchev–Trinajstić information content (AvgIpc) is 3.61. The zero-order valence-electron chi connectivity index (χ0n) is 22.0. The summed E-state index contributed by atoms with van der Waals surface area (Å²) in [5.74, 6) is -0.531. The average molecular weight is 524 g/mol. The molecule has 2 heterocycles. The maximum Gasteiger partial charge on any atom is 0.431 e. The van der Waals surface area contributed by atoms with Crippen molar-refractivity contribution in [2.75, 3.05) is 0 Å². The van der Waals surface area contributed by atoms with Gasteiger partial charge < -0.3 is 5.11 Å². The topological polar surface area (TPSA) is 121 Å². The monoisotopic (exact) mass is 523 g/mol. The molecular formula is C30H31N6O3+. The third kappa shape index (κ3) is 4.72. The smallest absolute Gasteiger partial charge is 0.431 e. The summed E-state index contributed by atoms with van der Waals surface area (Å²) >= 11 is 0. The highest BCUT2D eigenvalue weighted by Gasteiger charge is 2.50. The van der Waals surface area contributed by atoms with Crippen LogP contribution in [0.2, 0.25) is 0 Å². The molecule has 198 valence electrons. The van der Waals surface area contributed by atoms with Crippen LogP contribution >= 0.6 is 0 Å². The molecule has 1 unspecified atom stereocenters. The van der Waals surface area contributed by atoms with E-state index in [0.717, 1.165) is 46.4 Å². The molecule has 3 N–H and O–H groups in total. The second-order valence-electron chi connectivity index (χ2n) is 9.61. The van der Waals surface area contributed by atoms with E-state index in [0.29, 0.717) is 30.9 Å². The fourth-order valence-electron chi connectivity index (χ4n) is 5.38. The predicted molar refractivity (Wildman–Crippen MR) is 149 cm³/mol. The SMILES string of the molecule is CCCCC1=CNC(=O)[N+]1(Cc1ccc(-c2ccccc2-c2nn[nH]n2)cc1)c1c(CC)cccc1C(=O)O. The van der Waals surface area contributed by atoms with Crippen LogP contribution in [0.15, 0.2) is 78.6 Å². The Balaban J connectivity index is 1.60. The summed E-state index contributed by atoms with van der Waals surface area (Å²) in [5, 5.41) is 27.5. The lowest BCUT2D eigenvalue weighted by atomic mass is 9.96. The van der Waals surface area contributed by atoms with Gasteiger partial charge >= 0.3 is 12.0 Å². The quantitative estimate of drug-likeness (QED) is 0.217. The first-order valence-electron chi connectivity index (χ1n) is 13.2. The lowest BCUT2D eigenvalue weighted by Crippen LogP contribution is -2.53. The van der Waals surface area contributed by atoms with Crippen molar-refractivity contribution in [3.05, 3.63) is 95.3 Å². The van der Waals surface area contributed by atoms with Crippen LogP contribution in [0, 0.1) is 0 Å². The van der Waals surface area contributed by atoms with Gasteiger partial charge in [0.15, 0.2) is 5.69 Å². The Kier molecular flexibility index (Phi) is 7.33. The molecule has 1 aliphatic rings. The highest BCUT2D eigenvalue weighted by atomic mass is 16.4. The largest absolute Gasteiger partial charge is 0.477 e. The first-order valence-corrected chi connectivity index (χ1v) is 13.2. The Morgan fingerprint density at radius 2 is 1.74 bits per heavy atom. The van der Waals surface area contributed by atoms with Gasteiger partial charge in [-0.05, 0) is 35.2 Å². The van der Waals surface area contributed by atoms with Crippen molar-refractivity contribution in [2.45, 2.75) is 46.1 Å². The second-order valence-corrected chi connectivity index (χ2v) is 9.61. The minimum atomic E-state index is -1.04. The number of benzene rings is 3. The number of allylic oxidation sites excluding steroid dienone is 1. The van der Waals surface area contributed by atoms with Gasteiger partial charge in [0.2, 0.25) is 5.82 Å². The van der Waals surface area contributed by atoms with Crippen molar-refractivity contribution in [1.29, 1.82) is 0 Å². The van der Waals surface area contributed by atoms with Gasteiger partial charge in [0.25, 0.3) is 0 Å². The fourth-order valence-corrected chi connectivity index (χ4v) is 5.38. The number of aromatic amines is 1. The number of carboxylic acid groups (broad SMARTS) is 1. The molecule has 3 aromatic carbocycles. The third-order valence-electron chi connectivity index (χ3n) is 7.30. The number of urea groups is 1. The summed E-state index contributed by atoms with van der Waals surface area (Å²) in [4.78, 5) is 26.2. The van der Waals surface area contributed by atoms with Crippen molar-refractivity contribution in [1.82, 2.24) is 30.4 Å². The molecule has 0 radical (unpaired) electrons. The van der Waals surface area contributed by atoms with Crippen molar-refractivity contribution in [3.8, 4) is 22.5 Å². The molecule has 1 aromatic heterocycles. The van der Waals surface area contributed by atoms with Gasteiger partial charge in [-0.15, -0.1) is 10.2 Å². The van der Waals surface area contributed by atoms with Gasteiger partial charge in [0.1, 0.15) is 17.8 Å². The number of aromatic nitrogens is 4. The second kappa shape index (κ2) is 11.0. The first-order chi connectivity index (χ1) is 19.0. The normalized spacial score (nSPS) is 16.7. The van der Waals surface area contributed by atoms with E-state index in [1.807, 2.05) is 61.5 Å². The Labute approximate surface area is 226 Å². The molecule has 0 saturated carbocycles. The van der Waals surface area contributed by atoms with Gasteiger partial charge in [-0.25, -0.2) is 9.59 Å². The molecule has 0 saturated heterocycles. The van der Waals surface area contributed by atoms with Crippen LogP contribution in [0.1, 0.15) is 54.6 Å². The number of hydrogen-bond donors (Lipinski definition) is 3. The minimum absolute atomic E-state index is 0.152. The maximum atomic E-state index is 13.8. The number of rotatable bonds is 10. The summed E-state index contributed by atoms with van der Waals surface area (Å²) in [7, 11) is 0. The lowest BCUT2D eigenvalue weighted by molar-refractivity contribution is 0.0695. The van der Waals surface area contributed by atoms with Crippen molar-refractivity contribution in [3.63, 3.8) is 0 Å². The molecule has 4 aromatic rings. The number of carboxylic acids is 1. The van der Waals surface area contributed by atoms with Crippen LogP contribution in [-0.4, -0.2) is 37.7 Å². The molecule has 9 nitrogen and oxygen atoms in total. The van der Waals surface area contributed by atoms with E-state index in [1.165, 1.54) is 0 Å². The maximum absolute atomic E-state index is 13.8. The Morgan fingerprint density at radius 1 is 0.974 bits per heavy atom. The summed E-state index contributed by atoms with van der Waals surface area (Å²) in [5.41, 5.74) is 6.11. The van der Waals surface area contributed by atoms with E-state index >= 15 is 0 Å². The first kappa shape index (κ1) is 26.0. The highest BCUT2D eigenvalue weighted by Crippen LogP contribution is 2.42. The van der Waals surface area contributed by atoms with Crippen molar-refractivity contribution in [2.24, 2.45) is 0 Å². The Hall–Kier alpha value is -4.63. The molecule has 2 amide bonds. The van der Waals surface area contributed by atoms with Crippen molar-refractivity contribution < 1.29 is 14.7 Å². The number of aryl methyl sites for hydroxylation is 1. The number of H-pyrrole nitrogens is 1. The van der Waals surface area contributed by atoms with Crippen LogP contribution in [0.4, 0.5) is 10.5 Å². The predicted octanol–water partition coefficient (Wildman–Crippen LogP) is 6.06. The molecule has 1 atom stereocenters. The molecule has 39 heavy (non-hydrogen) atoms. The molecule has 1 aliphatic heterocycles. The minimum Gasteiger partial charge on any atom is -0.477 e. The Morgan fingerprint density at radius 3 is 2.41 bits per heavy atom. The molecule has 0 spiro atoms. The zero-order valence-corrected chi connectivity index (χ0v) is 22.0. The van der Waals surface area contributed by atoms with E-state index in [-0.39, 0.29) is 16.1 Å². The molecular weight excluding hydrogens is 492 g/mol. The van der Waals surface area contributed by atoms with E-state index in [9.17, 15) is 14.7 Å². The molecule has 9 heteroatoms. The van der Waals surface area contributed by atoms with Crippen LogP contribution in [0.3, 0.4) is 0 Å². The standard InChI is InChI=1S/C30H30N6O3/c1-3-5-10-23-18-31-30(39)36(23,27-21(4-2)9-8-13-26(27)29(37)38)19-20-14-16-22(17-15-20)24-11-6-7-12-25(24)28-32-34-35-33-28/h6-9,11-18H,3-5,10,19H2,1-2H3,(H2-,31,32,33,34,35,37,38,39)/p+1. The fraction of sp³-hybridized carbons (Fsp3) is 0.233. The van der Waals surface area contributed by atoms with E-state index in [1.54, 1.807) is 18.3 Å². The number of amides is 2. The lowest BCUT2D eigenvalue weighted by Gasteiger charge is -2.34. The number of carbonyl (C=O) groups excluding carboxylic acids is 1. The van der Waals surface area contributed by atoms with Gasteiger partial charge in [-0.2, -0.15) is 9.70 Å². The molecule has 0 fully saturated rings. The molecule has 0 bridgehead atoms. The number of para-hydroxylation sites is 1. The summed E-state index contributed by atoms with van der Waals surface area (Å²) in [6, 6.07) is 20.9. The van der Waals surface area contributed by atoms with Gasteiger partial charge in [-0.1, -0.05) is 80.9 Å². The van der Waals surface area contributed by atoms with Crippen molar-refractivity contribution >= 4 is 17.7 Å². The number of carbonyl (C=O) groups is 2. The van der Waals surface area contributed by atoms with Crippen LogP contribution < -0.4 is 9.80 Å². The van der Waals surface area contributed by atoms with E-state index in [2.05, 4.69) is 32.9 Å². The van der Waals surface area contributed by atoms with Crippen LogP contribution in [0.25, 0.3) is 22.5 Å². The number of nitrogens with zero attached hydrogens (tertiary/aromatic N) is 4. The summed E-state index contributed by atoms with van der Waals surface area (Å²) in [6.07, 6.45) is 4.91. The van der Waals surface area contributed by atoms with Gasteiger partial charge in [0, 0.05) is 23.1 Å². The highest BCUT2D eigenvalue weighted by molar-refractivity contribution is 6.02. The summed E-state index contributed by atoms with van der Waals surface area (Å²) in [6.45, 7) is 4.39. The number of hydrogen-bond acceptors (Lipinski definition) is 5. The number of quaternary nitrogens is 1. The van der Waals surface area contributed by atoms with Gasteiger partial charge in [0.05, 0.1) is 6.20 Å². The molecule has 5 rings (SSSR count). The van der Waals surface area contributed by atoms with Crippen LogP contribution in [0.5, 0.6) is 0 Å². The van der Waals surface area contributed by atoms with E-state index in [4.69, 9.17) is 0 Å². The number of tetrazole rings is 1. The Bertz CT molecular complexity index is 1530. The molecule has 0 aliphatic carbocycles. The third-order valence-corrected chi connectivity index (χ3v) is 7.30. The van der Waals surface area contributed by atoms with Gasteiger partial charge in [-0.3, -0.25) is 5.32 Å². The van der Waals surface area contributed by atoms with Crippen LogP contribution in [-0.2, 0) is 13.0 Å². The zero-order chi connectivity index (χ0) is 27.4. The summed E-state index contributed by atoms with van der Waals surface area (Å²) < 4.78 is -0.176. The number of nitrogens with one attached hydrogen (secondary N) is 2. The number of aromatic carboxylic acids is 1. The number of unbranched alkanes of at least 4 members (excludes halogenated alkanes) is 1.